The molecule has 7 heteroatoms. The lowest BCUT2D eigenvalue weighted by molar-refractivity contribution is 0.0207. The van der Waals surface area contributed by atoms with Crippen molar-refractivity contribution in [1.82, 2.24) is 9.55 Å². The highest BCUT2D eigenvalue weighted by molar-refractivity contribution is 7.09. The summed E-state index contributed by atoms with van der Waals surface area (Å²) < 4.78 is 12.5. The number of furan rings is 1. The lowest BCUT2D eigenvalue weighted by Crippen LogP contribution is -2.29. The number of benzene rings is 1. The molecular formula is C18H16N2O4S. The van der Waals surface area contributed by atoms with Crippen LogP contribution in [0.3, 0.4) is 0 Å². The number of rotatable bonds is 6. The highest BCUT2D eigenvalue weighted by Gasteiger charge is 2.15. The summed E-state index contributed by atoms with van der Waals surface area (Å²) in [4.78, 5) is 18.0. The Morgan fingerprint density at radius 2 is 2.16 bits per heavy atom. The number of nitrogens with zero attached hydrogens (tertiary/aromatic N) is 2. The van der Waals surface area contributed by atoms with Gasteiger partial charge in [-0.25, -0.2) is 4.98 Å². The number of hydrogen-bond acceptors (Lipinski definition) is 6. The largest absolute Gasteiger partial charge is 0.448 e. The van der Waals surface area contributed by atoms with Gasteiger partial charge in [-0.3, -0.25) is 9.36 Å². The molecule has 3 heterocycles. The third-order valence-electron chi connectivity index (χ3n) is 3.89. The van der Waals surface area contributed by atoms with Crippen LogP contribution in [0.25, 0.3) is 22.1 Å². The number of aromatic nitrogens is 2. The molecule has 1 atom stereocenters. The minimum absolute atomic E-state index is 0.100. The van der Waals surface area contributed by atoms with Gasteiger partial charge in [-0.05, 0) is 23.6 Å². The molecule has 0 unspecified atom stereocenters. The zero-order chi connectivity index (χ0) is 17.2. The van der Waals surface area contributed by atoms with Gasteiger partial charge in [-0.2, -0.15) is 0 Å². The molecule has 0 aliphatic carbocycles. The van der Waals surface area contributed by atoms with Crippen LogP contribution in [0.1, 0.15) is 4.88 Å². The standard InChI is InChI=1S/C18H16N2O4S/c21-12(9-23-10-13-4-3-7-25-13)8-20-11-19-16-14-5-1-2-6-15(14)24-17(16)18(20)22/h1-7,11-12,21H,8-10H2/t12-/m1/s1. The fourth-order valence-electron chi connectivity index (χ4n) is 2.72. The summed E-state index contributed by atoms with van der Waals surface area (Å²) in [5, 5.41) is 12.9. The van der Waals surface area contributed by atoms with Crippen molar-refractivity contribution in [3.05, 3.63) is 63.3 Å². The monoisotopic (exact) mass is 356 g/mol. The number of aliphatic hydroxyl groups excluding tert-OH is 1. The molecule has 0 aliphatic rings. The Morgan fingerprint density at radius 1 is 1.28 bits per heavy atom. The van der Waals surface area contributed by atoms with Crippen LogP contribution < -0.4 is 5.56 Å². The predicted octanol–water partition coefficient (Wildman–Crippen LogP) is 2.78. The van der Waals surface area contributed by atoms with Gasteiger partial charge in [0.1, 0.15) is 11.1 Å². The van der Waals surface area contributed by atoms with E-state index in [1.807, 2.05) is 35.7 Å². The van der Waals surface area contributed by atoms with Gasteiger partial charge in [-0.15, -0.1) is 11.3 Å². The van der Waals surface area contributed by atoms with E-state index in [1.54, 1.807) is 17.4 Å². The van der Waals surface area contributed by atoms with E-state index < -0.39 is 6.10 Å². The molecule has 0 fully saturated rings. The predicted molar refractivity (Wildman–Crippen MR) is 95.8 cm³/mol. The fraction of sp³-hybridized carbons (Fsp3) is 0.222. The van der Waals surface area contributed by atoms with E-state index >= 15 is 0 Å². The molecule has 1 N–H and O–H groups in total. The zero-order valence-electron chi connectivity index (χ0n) is 13.3. The summed E-state index contributed by atoms with van der Waals surface area (Å²) in [6.07, 6.45) is 0.635. The van der Waals surface area contributed by atoms with Crippen molar-refractivity contribution >= 4 is 33.4 Å². The third-order valence-corrected chi connectivity index (χ3v) is 4.74. The second kappa shape index (κ2) is 6.79. The molecule has 0 aliphatic heterocycles. The Hall–Kier alpha value is -2.48. The summed E-state index contributed by atoms with van der Waals surface area (Å²) >= 11 is 1.60. The summed E-state index contributed by atoms with van der Waals surface area (Å²) in [6.45, 7) is 0.691. The quantitative estimate of drug-likeness (QED) is 0.575. The summed E-state index contributed by atoms with van der Waals surface area (Å²) in [5.74, 6) is 0. The summed E-state index contributed by atoms with van der Waals surface area (Å²) in [5.41, 5.74) is 1.06. The van der Waals surface area contributed by atoms with Gasteiger partial charge in [0.25, 0.3) is 5.56 Å². The second-order valence-electron chi connectivity index (χ2n) is 5.73. The van der Waals surface area contributed by atoms with Crippen molar-refractivity contribution < 1.29 is 14.3 Å². The first kappa shape index (κ1) is 16.0. The smallest absolute Gasteiger partial charge is 0.297 e. The molecule has 0 spiro atoms. The molecule has 4 aromatic rings. The Morgan fingerprint density at radius 3 is 3.00 bits per heavy atom. The van der Waals surface area contributed by atoms with Crippen LogP contribution in [0.5, 0.6) is 0 Å². The lowest BCUT2D eigenvalue weighted by atomic mass is 10.2. The van der Waals surface area contributed by atoms with Crippen molar-refractivity contribution in [3.63, 3.8) is 0 Å². The Bertz CT molecular complexity index is 1050. The molecule has 6 nitrogen and oxygen atoms in total. The van der Waals surface area contributed by atoms with Crippen LogP contribution in [0.15, 0.2) is 57.3 Å². The second-order valence-corrected chi connectivity index (χ2v) is 6.76. The number of fused-ring (bicyclic) bond motifs is 3. The van der Waals surface area contributed by atoms with E-state index in [1.165, 1.54) is 10.9 Å². The first-order chi connectivity index (χ1) is 12.2. The molecule has 0 bridgehead atoms. The molecule has 25 heavy (non-hydrogen) atoms. The molecule has 1 aromatic carbocycles. The molecule has 3 aromatic heterocycles. The summed E-state index contributed by atoms with van der Waals surface area (Å²) in [7, 11) is 0. The minimum Gasteiger partial charge on any atom is -0.448 e. The topological polar surface area (TPSA) is 77.5 Å². The van der Waals surface area contributed by atoms with Crippen LogP contribution in [-0.2, 0) is 17.9 Å². The van der Waals surface area contributed by atoms with Gasteiger partial charge in [0.05, 0.1) is 32.2 Å². The minimum atomic E-state index is -0.804. The van der Waals surface area contributed by atoms with E-state index in [2.05, 4.69) is 4.98 Å². The number of thiophene rings is 1. The van der Waals surface area contributed by atoms with Gasteiger partial charge in [0.2, 0.25) is 5.58 Å². The van der Waals surface area contributed by atoms with Gasteiger partial charge in [0.15, 0.2) is 0 Å². The van der Waals surface area contributed by atoms with Crippen LogP contribution in [0.2, 0.25) is 0 Å². The molecule has 0 saturated heterocycles. The maximum Gasteiger partial charge on any atom is 0.297 e. The van der Waals surface area contributed by atoms with Gasteiger partial charge in [-0.1, -0.05) is 18.2 Å². The van der Waals surface area contributed by atoms with Crippen molar-refractivity contribution in [1.29, 1.82) is 0 Å². The molecule has 4 rings (SSSR count). The molecular weight excluding hydrogens is 340 g/mol. The van der Waals surface area contributed by atoms with Gasteiger partial charge >= 0.3 is 0 Å². The zero-order valence-corrected chi connectivity index (χ0v) is 14.1. The normalized spacial score (nSPS) is 12.8. The Balaban J connectivity index is 1.50. The van der Waals surface area contributed by atoms with E-state index in [-0.39, 0.29) is 24.3 Å². The van der Waals surface area contributed by atoms with Crippen molar-refractivity contribution in [3.8, 4) is 0 Å². The van der Waals surface area contributed by atoms with E-state index in [9.17, 15) is 9.90 Å². The van der Waals surface area contributed by atoms with E-state index in [0.29, 0.717) is 17.7 Å². The van der Waals surface area contributed by atoms with Gasteiger partial charge < -0.3 is 14.3 Å². The SMILES string of the molecule is O=c1c2oc3ccccc3c2ncn1C[C@@H](O)COCc1cccs1. The van der Waals surface area contributed by atoms with Crippen molar-refractivity contribution in [2.75, 3.05) is 6.61 Å². The van der Waals surface area contributed by atoms with Gasteiger partial charge in [0, 0.05) is 10.3 Å². The molecule has 128 valence electrons. The van der Waals surface area contributed by atoms with Crippen LogP contribution in [0, 0.1) is 0 Å². The fourth-order valence-corrected chi connectivity index (χ4v) is 3.36. The first-order valence-electron chi connectivity index (χ1n) is 7.87. The van der Waals surface area contributed by atoms with Crippen molar-refractivity contribution in [2.24, 2.45) is 0 Å². The Kier molecular flexibility index (Phi) is 4.35. The van der Waals surface area contributed by atoms with E-state index in [4.69, 9.17) is 9.15 Å². The average molecular weight is 356 g/mol. The van der Waals surface area contributed by atoms with Crippen LogP contribution in [0.4, 0.5) is 0 Å². The maximum atomic E-state index is 12.6. The lowest BCUT2D eigenvalue weighted by Gasteiger charge is -2.12. The number of para-hydroxylation sites is 1. The molecule has 0 saturated carbocycles. The molecule has 0 amide bonds. The van der Waals surface area contributed by atoms with Crippen molar-refractivity contribution in [2.45, 2.75) is 19.3 Å². The van der Waals surface area contributed by atoms with E-state index in [0.717, 1.165) is 10.3 Å². The average Bonchev–Trinajstić information content (AvgIpc) is 3.25. The molecule has 0 radical (unpaired) electrons. The number of ether oxygens (including phenoxy) is 1. The van der Waals surface area contributed by atoms with Crippen LogP contribution in [-0.4, -0.2) is 27.4 Å². The number of aliphatic hydroxyl groups is 1. The highest BCUT2D eigenvalue weighted by Crippen LogP contribution is 2.24. The highest BCUT2D eigenvalue weighted by atomic mass is 32.1. The maximum absolute atomic E-state index is 12.6. The third kappa shape index (κ3) is 3.21. The number of hydrogen-bond donors (Lipinski definition) is 1. The first-order valence-corrected chi connectivity index (χ1v) is 8.75. The summed E-state index contributed by atoms with van der Waals surface area (Å²) in [6, 6.07) is 11.3. The van der Waals surface area contributed by atoms with Crippen LogP contribution >= 0.6 is 11.3 Å². The Labute approximate surface area is 146 Å².